The molecular weight excluding hydrogens is 488 g/mol. The van der Waals surface area contributed by atoms with Gasteiger partial charge in [-0.1, -0.05) is 92.0 Å². The molecule has 0 N–H and O–H groups in total. The van der Waals surface area contributed by atoms with E-state index in [4.69, 9.17) is 19.6 Å². The highest BCUT2D eigenvalue weighted by atomic mass is 28.3. The van der Waals surface area contributed by atoms with Crippen molar-refractivity contribution in [2.75, 3.05) is 0 Å². The number of carbonyl (C=O) groups excluding carboxylic acids is 2. The first-order valence-corrected chi connectivity index (χ1v) is 18.4. The molecule has 36 heavy (non-hydrogen) atoms. The van der Waals surface area contributed by atoms with Crippen LogP contribution in [0.1, 0.15) is 53.3 Å². The summed E-state index contributed by atoms with van der Waals surface area (Å²) in [5.74, 6) is -1.31. The molecule has 0 fully saturated rings. The maximum atomic E-state index is 12.5. The van der Waals surface area contributed by atoms with E-state index in [1.165, 1.54) is 0 Å². The molecule has 2 aromatic rings. The van der Waals surface area contributed by atoms with Crippen molar-refractivity contribution in [3.05, 3.63) is 84.2 Å². The Labute approximate surface area is 216 Å². The Morgan fingerprint density at radius 2 is 1.14 bits per heavy atom. The molecule has 0 atom stereocenters. The number of carbonyl (C=O) groups is 2. The van der Waals surface area contributed by atoms with E-state index in [9.17, 15) is 9.59 Å². The minimum Gasteiger partial charge on any atom is -0.290 e. The zero-order chi connectivity index (χ0) is 26.8. The van der Waals surface area contributed by atoms with Crippen LogP contribution < -0.4 is 10.4 Å². The van der Waals surface area contributed by atoms with Gasteiger partial charge in [-0.15, -0.1) is 22.9 Å². The van der Waals surface area contributed by atoms with Crippen LogP contribution in [-0.2, 0) is 19.6 Å². The van der Waals surface area contributed by atoms with Gasteiger partial charge >= 0.3 is 11.9 Å². The van der Waals surface area contributed by atoms with Crippen LogP contribution in [0.25, 0.3) is 0 Å². The molecule has 0 unspecified atom stereocenters. The van der Waals surface area contributed by atoms with Crippen molar-refractivity contribution >= 4 is 38.5 Å². The van der Waals surface area contributed by atoms with Gasteiger partial charge in [0.1, 0.15) is 16.1 Å². The summed E-state index contributed by atoms with van der Waals surface area (Å²) >= 11 is 0. The number of benzene rings is 2. The third-order valence-electron chi connectivity index (χ3n) is 6.26. The van der Waals surface area contributed by atoms with Crippen LogP contribution in [-0.4, -0.2) is 34.4 Å². The van der Waals surface area contributed by atoms with Crippen molar-refractivity contribution in [2.45, 2.75) is 65.1 Å². The number of unbranched alkanes of at least 4 members (excludes halogenated alkanes) is 2. The van der Waals surface area contributed by atoms with Gasteiger partial charge in [0.25, 0.3) is 0 Å². The fraction of sp³-hybridized carbons (Fsp3) is 0.357. The lowest BCUT2D eigenvalue weighted by atomic mass is 10.2. The zero-order valence-corrected chi connectivity index (χ0v) is 24.0. The second kappa shape index (κ2) is 13.5. The predicted octanol–water partition coefficient (Wildman–Crippen LogP) is 5.75. The highest BCUT2D eigenvalue weighted by molar-refractivity contribution is 6.94. The monoisotopic (exact) mass is 526 g/mol. The van der Waals surface area contributed by atoms with Crippen molar-refractivity contribution in [1.29, 1.82) is 0 Å². The fourth-order valence-corrected chi connectivity index (χ4v) is 5.79. The van der Waals surface area contributed by atoms with Crippen molar-refractivity contribution in [1.82, 2.24) is 0 Å². The molecular formula is C28H38O6Si2. The van der Waals surface area contributed by atoms with Gasteiger partial charge in [0.05, 0.1) is 11.1 Å². The van der Waals surface area contributed by atoms with Gasteiger partial charge < -0.3 is 0 Å². The molecule has 0 saturated heterocycles. The average Bonchev–Trinajstić information content (AvgIpc) is 2.89. The largest absolute Gasteiger partial charge is 0.373 e. The summed E-state index contributed by atoms with van der Waals surface area (Å²) in [6.07, 6.45) is 2.02. The molecule has 0 bridgehead atoms. The van der Waals surface area contributed by atoms with Crippen LogP contribution in [0, 0.1) is 0 Å². The molecule has 0 spiro atoms. The third-order valence-corrected chi connectivity index (χ3v) is 11.9. The van der Waals surface area contributed by atoms with E-state index in [1.54, 1.807) is 24.3 Å². The van der Waals surface area contributed by atoms with Gasteiger partial charge in [-0.3, -0.25) is 9.78 Å². The Morgan fingerprint density at radius 1 is 0.750 bits per heavy atom. The molecule has 2 rings (SSSR count). The highest BCUT2D eigenvalue weighted by Gasteiger charge is 2.23. The molecule has 0 amide bonds. The fourth-order valence-electron chi connectivity index (χ4n) is 3.27. The lowest BCUT2D eigenvalue weighted by Crippen LogP contribution is -2.39. The molecule has 0 heterocycles. The van der Waals surface area contributed by atoms with Crippen molar-refractivity contribution in [2.24, 2.45) is 0 Å². The van der Waals surface area contributed by atoms with Crippen LogP contribution >= 0.6 is 0 Å². The summed E-state index contributed by atoms with van der Waals surface area (Å²) in [4.78, 5) is 45.4. The quantitative estimate of drug-likeness (QED) is 0.103. The minimum atomic E-state index is -1.72. The Balaban J connectivity index is 1.97. The molecule has 6 nitrogen and oxygen atoms in total. The molecule has 0 saturated carbocycles. The van der Waals surface area contributed by atoms with Crippen LogP contribution in [0.15, 0.2) is 73.1 Å². The molecule has 8 heteroatoms. The van der Waals surface area contributed by atoms with Crippen LogP contribution in [0.4, 0.5) is 0 Å². The number of rotatable bonds is 14. The predicted molar refractivity (Wildman–Crippen MR) is 148 cm³/mol. The smallest absolute Gasteiger partial charge is 0.290 e. The van der Waals surface area contributed by atoms with E-state index in [1.807, 2.05) is 35.7 Å². The van der Waals surface area contributed by atoms with E-state index in [-0.39, 0.29) is 0 Å². The molecule has 194 valence electrons. The SMILES string of the molecule is C=C[Si](C)(C)c1ccc(C(=O)OOC(CCCCC)OOC(=O)c2ccc([Si](C)(C)C=C)cc2)cc1. The number of hydrogen-bond donors (Lipinski definition) is 0. The zero-order valence-electron chi connectivity index (χ0n) is 22.0. The van der Waals surface area contributed by atoms with Crippen molar-refractivity contribution in [3.63, 3.8) is 0 Å². The minimum absolute atomic E-state index is 0.350. The van der Waals surface area contributed by atoms with Gasteiger partial charge in [0.15, 0.2) is 0 Å². The Hall–Kier alpha value is -2.79. The van der Waals surface area contributed by atoms with Crippen LogP contribution in [0.3, 0.4) is 0 Å². The lowest BCUT2D eigenvalue weighted by Gasteiger charge is -2.18. The summed E-state index contributed by atoms with van der Waals surface area (Å²) < 4.78 is 0. The molecule has 0 aromatic heterocycles. The second-order valence-corrected chi connectivity index (χ2v) is 18.7. The van der Waals surface area contributed by atoms with Crippen LogP contribution in [0.2, 0.25) is 26.2 Å². The lowest BCUT2D eigenvalue weighted by molar-refractivity contribution is -0.421. The number of hydrogen-bond acceptors (Lipinski definition) is 6. The maximum absolute atomic E-state index is 12.5. The summed E-state index contributed by atoms with van der Waals surface area (Å²) in [5.41, 5.74) is 4.67. The standard InChI is InChI=1S/C28H38O6Si2/c1-8-11-12-13-26(31-33-27(29)22-14-18-24(19-15-22)35(4,5)9-2)32-34-28(30)23-16-20-25(21-17-23)36(6,7)10-3/h9-10,14-21,26H,2-3,8,11-13H2,1,4-7H3. The van der Waals surface area contributed by atoms with Crippen molar-refractivity contribution < 1.29 is 29.1 Å². The Bertz CT molecular complexity index is 950. The first-order chi connectivity index (χ1) is 17.0. The molecule has 0 radical (unpaired) electrons. The Morgan fingerprint density at radius 3 is 1.47 bits per heavy atom. The average molecular weight is 527 g/mol. The summed E-state index contributed by atoms with van der Waals surface area (Å²) in [6, 6.07) is 14.4. The van der Waals surface area contributed by atoms with Gasteiger partial charge in [-0.2, -0.15) is 0 Å². The molecule has 2 aromatic carbocycles. The highest BCUT2D eigenvalue weighted by Crippen LogP contribution is 2.14. The van der Waals surface area contributed by atoms with Crippen LogP contribution in [0.5, 0.6) is 0 Å². The van der Waals surface area contributed by atoms with E-state index in [2.05, 4.69) is 46.3 Å². The van der Waals surface area contributed by atoms with E-state index < -0.39 is 34.4 Å². The van der Waals surface area contributed by atoms with Crippen molar-refractivity contribution in [3.8, 4) is 0 Å². The van der Waals surface area contributed by atoms with Gasteiger partial charge in [0.2, 0.25) is 6.29 Å². The molecule has 0 aliphatic heterocycles. The first-order valence-electron chi connectivity index (χ1n) is 12.3. The Kier molecular flexibility index (Phi) is 11.0. The summed E-state index contributed by atoms with van der Waals surface area (Å²) in [5, 5.41) is 2.32. The second-order valence-electron chi connectivity index (χ2n) is 9.87. The summed E-state index contributed by atoms with van der Waals surface area (Å²) in [7, 11) is -3.44. The topological polar surface area (TPSA) is 71.1 Å². The maximum Gasteiger partial charge on any atom is 0.373 e. The first kappa shape index (κ1) is 29.4. The molecule has 0 aliphatic rings. The third kappa shape index (κ3) is 8.41. The molecule has 0 aliphatic carbocycles. The van der Waals surface area contributed by atoms with Gasteiger partial charge in [0, 0.05) is 6.42 Å². The van der Waals surface area contributed by atoms with E-state index in [0.29, 0.717) is 17.5 Å². The summed E-state index contributed by atoms with van der Waals surface area (Å²) in [6.45, 7) is 18.6. The van der Waals surface area contributed by atoms with Gasteiger partial charge in [-0.05, 0) is 30.7 Å². The van der Waals surface area contributed by atoms with Gasteiger partial charge in [-0.25, -0.2) is 9.59 Å². The normalized spacial score (nSPS) is 11.7. The van der Waals surface area contributed by atoms with E-state index >= 15 is 0 Å². The van der Waals surface area contributed by atoms with E-state index in [0.717, 1.165) is 29.6 Å².